The summed E-state index contributed by atoms with van der Waals surface area (Å²) in [5.41, 5.74) is 0.620. The van der Waals surface area contributed by atoms with E-state index in [1.54, 1.807) is 13.1 Å². The lowest BCUT2D eigenvalue weighted by atomic mass is 10.2. The Morgan fingerprint density at radius 3 is 2.77 bits per heavy atom. The van der Waals surface area contributed by atoms with Crippen molar-refractivity contribution in [2.24, 2.45) is 0 Å². The molecular weight excluding hydrogens is 311 g/mol. The maximum Gasteiger partial charge on any atom is 0.317 e. The third-order valence-corrected chi connectivity index (χ3v) is 5.31. The van der Waals surface area contributed by atoms with Crippen LogP contribution in [0.3, 0.4) is 0 Å². The van der Waals surface area contributed by atoms with Crippen molar-refractivity contribution >= 4 is 15.9 Å². The maximum atomic E-state index is 13.6. The molecule has 1 atom stereocenters. The van der Waals surface area contributed by atoms with Crippen LogP contribution < -0.4 is 10.1 Å². The number of urea groups is 1. The zero-order valence-electron chi connectivity index (χ0n) is 12.5. The van der Waals surface area contributed by atoms with Gasteiger partial charge in [0, 0.05) is 19.6 Å². The van der Waals surface area contributed by atoms with Crippen molar-refractivity contribution in [1.29, 1.82) is 0 Å². The van der Waals surface area contributed by atoms with Gasteiger partial charge in [-0.05, 0) is 24.1 Å². The van der Waals surface area contributed by atoms with Gasteiger partial charge in [0.1, 0.15) is 0 Å². The summed E-state index contributed by atoms with van der Waals surface area (Å²) in [6, 6.07) is 3.75. The normalized spacial score (nSPS) is 19.7. The minimum absolute atomic E-state index is 0.0241. The first kappa shape index (κ1) is 16.5. The number of benzene rings is 1. The third kappa shape index (κ3) is 4.09. The van der Waals surface area contributed by atoms with Gasteiger partial charge in [-0.25, -0.2) is 17.6 Å². The molecule has 6 nitrogen and oxygen atoms in total. The monoisotopic (exact) mass is 330 g/mol. The highest BCUT2D eigenvalue weighted by molar-refractivity contribution is 7.91. The summed E-state index contributed by atoms with van der Waals surface area (Å²) in [6.07, 6.45) is 0.430. The van der Waals surface area contributed by atoms with Gasteiger partial charge in [-0.1, -0.05) is 6.07 Å². The summed E-state index contributed by atoms with van der Waals surface area (Å²) in [5, 5.41) is 2.68. The fraction of sp³-hybridized carbons (Fsp3) is 0.500. The minimum Gasteiger partial charge on any atom is -0.494 e. The lowest BCUT2D eigenvalue weighted by molar-refractivity contribution is 0.203. The Labute approximate surface area is 129 Å². The second kappa shape index (κ2) is 6.51. The van der Waals surface area contributed by atoms with E-state index in [-0.39, 0.29) is 35.9 Å². The predicted octanol–water partition coefficient (Wildman–Crippen LogP) is 1.16. The number of carbonyl (C=O) groups excluding carboxylic acids is 1. The molecule has 122 valence electrons. The summed E-state index contributed by atoms with van der Waals surface area (Å²) < 4.78 is 41.2. The summed E-state index contributed by atoms with van der Waals surface area (Å²) in [7, 11) is -0.0831. The molecular formula is C14H19FN2O4S. The molecule has 1 N–H and O–H groups in total. The Bertz CT molecular complexity index is 663. The van der Waals surface area contributed by atoms with E-state index in [0.29, 0.717) is 12.0 Å². The average molecular weight is 330 g/mol. The smallest absolute Gasteiger partial charge is 0.317 e. The molecule has 1 aromatic carbocycles. The van der Waals surface area contributed by atoms with E-state index in [2.05, 4.69) is 5.32 Å². The van der Waals surface area contributed by atoms with E-state index in [1.807, 2.05) is 0 Å². The number of nitrogens with zero attached hydrogens (tertiary/aromatic N) is 1. The van der Waals surface area contributed by atoms with E-state index in [9.17, 15) is 17.6 Å². The Kier molecular flexibility index (Phi) is 4.90. The van der Waals surface area contributed by atoms with Gasteiger partial charge >= 0.3 is 6.03 Å². The molecule has 0 aromatic heterocycles. The molecule has 1 saturated heterocycles. The molecule has 2 rings (SSSR count). The summed E-state index contributed by atoms with van der Waals surface area (Å²) in [6.45, 7) is 0.215. The number of rotatable bonds is 4. The number of nitrogens with one attached hydrogen (secondary N) is 1. The van der Waals surface area contributed by atoms with Crippen LogP contribution in [-0.4, -0.2) is 51.1 Å². The number of halogens is 1. The number of methoxy groups -OCH3 is 1. The predicted molar refractivity (Wildman–Crippen MR) is 80.0 cm³/mol. The number of hydrogen-bond acceptors (Lipinski definition) is 4. The van der Waals surface area contributed by atoms with Crippen molar-refractivity contribution in [1.82, 2.24) is 10.2 Å². The zero-order valence-corrected chi connectivity index (χ0v) is 13.3. The standard InChI is InChI=1S/C14H19FN2O4S/c1-17(8-10-3-4-13(21-2)12(15)7-10)14(18)16-11-5-6-22(19,20)9-11/h3-4,7,11H,5-6,8-9H2,1-2H3,(H,16,18). The van der Waals surface area contributed by atoms with Crippen LogP contribution in [0.2, 0.25) is 0 Å². The van der Waals surface area contributed by atoms with E-state index in [1.165, 1.54) is 24.1 Å². The topological polar surface area (TPSA) is 75.7 Å². The van der Waals surface area contributed by atoms with Gasteiger partial charge in [-0.15, -0.1) is 0 Å². The zero-order chi connectivity index (χ0) is 16.3. The summed E-state index contributed by atoms with van der Waals surface area (Å²) in [5.74, 6) is -0.266. The van der Waals surface area contributed by atoms with Gasteiger partial charge in [0.25, 0.3) is 0 Å². The van der Waals surface area contributed by atoms with Gasteiger partial charge in [0.05, 0.1) is 18.6 Å². The molecule has 1 aromatic rings. The molecule has 1 fully saturated rings. The molecule has 0 saturated carbocycles. The van der Waals surface area contributed by atoms with Crippen molar-refractivity contribution in [2.75, 3.05) is 25.7 Å². The van der Waals surface area contributed by atoms with Crippen LogP contribution in [0.5, 0.6) is 5.75 Å². The number of carbonyl (C=O) groups is 1. The third-order valence-electron chi connectivity index (χ3n) is 3.54. The molecule has 1 aliphatic heterocycles. The van der Waals surface area contributed by atoms with Crippen molar-refractivity contribution in [3.05, 3.63) is 29.6 Å². The first-order valence-electron chi connectivity index (χ1n) is 6.85. The molecule has 0 spiro atoms. The first-order valence-corrected chi connectivity index (χ1v) is 8.67. The van der Waals surface area contributed by atoms with E-state index in [0.717, 1.165) is 0 Å². The molecule has 0 aliphatic carbocycles. The van der Waals surface area contributed by atoms with Crippen molar-refractivity contribution < 1.29 is 22.3 Å². The molecule has 1 aliphatic rings. The van der Waals surface area contributed by atoms with Crippen LogP contribution in [0.4, 0.5) is 9.18 Å². The van der Waals surface area contributed by atoms with Crippen molar-refractivity contribution in [3.8, 4) is 5.75 Å². The average Bonchev–Trinajstić information content (AvgIpc) is 2.78. The largest absolute Gasteiger partial charge is 0.494 e. The van der Waals surface area contributed by atoms with Gasteiger partial charge in [0.15, 0.2) is 21.4 Å². The van der Waals surface area contributed by atoms with Gasteiger partial charge < -0.3 is 15.0 Å². The van der Waals surface area contributed by atoms with E-state index in [4.69, 9.17) is 4.74 Å². The highest BCUT2D eigenvalue weighted by Crippen LogP contribution is 2.18. The first-order chi connectivity index (χ1) is 10.3. The van der Waals surface area contributed by atoms with Crippen molar-refractivity contribution in [3.63, 3.8) is 0 Å². The van der Waals surface area contributed by atoms with Gasteiger partial charge in [-0.2, -0.15) is 0 Å². The quantitative estimate of drug-likeness (QED) is 0.899. The number of amides is 2. The summed E-state index contributed by atoms with van der Waals surface area (Å²) >= 11 is 0. The Hall–Kier alpha value is -1.83. The molecule has 2 amide bonds. The number of ether oxygens (including phenoxy) is 1. The molecule has 22 heavy (non-hydrogen) atoms. The molecule has 0 radical (unpaired) electrons. The Balaban J connectivity index is 1.92. The Morgan fingerprint density at radius 2 is 2.23 bits per heavy atom. The van der Waals surface area contributed by atoms with Crippen LogP contribution in [0.1, 0.15) is 12.0 Å². The van der Waals surface area contributed by atoms with Gasteiger partial charge in [-0.3, -0.25) is 0 Å². The second-order valence-electron chi connectivity index (χ2n) is 5.37. The summed E-state index contributed by atoms with van der Waals surface area (Å²) in [4.78, 5) is 13.4. The molecule has 1 unspecified atom stereocenters. The van der Waals surface area contributed by atoms with E-state index >= 15 is 0 Å². The molecule has 8 heteroatoms. The van der Waals surface area contributed by atoms with Gasteiger partial charge in [0.2, 0.25) is 0 Å². The van der Waals surface area contributed by atoms with Crippen LogP contribution in [0.25, 0.3) is 0 Å². The SMILES string of the molecule is COc1ccc(CN(C)C(=O)NC2CCS(=O)(=O)C2)cc1F. The van der Waals surface area contributed by atoms with Crippen molar-refractivity contribution in [2.45, 2.75) is 19.0 Å². The van der Waals surface area contributed by atoms with E-state index < -0.39 is 15.7 Å². The van der Waals surface area contributed by atoms with Crippen LogP contribution in [-0.2, 0) is 16.4 Å². The van der Waals surface area contributed by atoms with Crippen LogP contribution in [0, 0.1) is 5.82 Å². The highest BCUT2D eigenvalue weighted by atomic mass is 32.2. The molecule has 0 bridgehead atoms. The maximum absolute atomic E-state index is 13.6. The van der Waals surface area contributed by atoms with Crippen LogP contribution >= 0.6 is 0 Å². The number of hydrogen-bond donors (Lipinski definition) is 1. The Morgan fingerprint density at radius 1 is 1.50 bits per heavy atom. The lowest BCUT2D eigenvalue weighted by Crippen LogP contribution is -2.43. The minimum atomic E-state index is -3.04. The second-order valence-corrected chi connectivity index (χ2v) is 7.60. The molecule has 1 heterocycles. The van der Waals surface area contributed by atoms with Crippen LogP contribution in [0.15, 0.2) is 18.2 Å². The lowest BCUT2D eigenvalue weighted by Gasteiger charge is -2.20. The number of sulfone groups is 1. The highest BCUT2D eigenvalue weighted by Gasteiger charge is 2.29. The fourth-order valence-electron chi connectivity index (χ4n) is 2.35. The fourth-order valence-corrected chi connectivity index (χ4v) is 4.02.